The van der Waals surface area contributed by atoms with Gasteiger partial charge in [-0.05, 0) is 38.1 Å². The van der Waals surface area contributed by atoms with Gasteiger partial charge in [-0.25, -0.2) is 0 Å². The predicted molar refractivity (Wildman–Crippen MR) is 126 cm³/mol. The molecule has 35 heavy (non-hydrogen) atoms. The number of rotatable bonds is 13. The van der Waals surface area contributed by atoms with Crippen molar-refractivity contribution >= 4 is 35.5 Å². The second-order valence-corrected chi connectivity index (χ2v) is 9.23. The van der Waals surface area contributed by atoms with Gasteiger partial charge in [-0.2, -0.15) is 0 Å². The Morgan fingerprint density at radius 1 is 0.800 bits per heavy atom. The Morgan fingerprint density at radius 3 is 1.77 bits per heavy atom. The van der Waals surface area contributed by atoms with E-state index in [0.717, 1.165) is 13.0 Å². The largest absolute Gasteiger partial charge is 0.480 e. The fraction of sp³-hybridized carbons (Fsp3) is 0.727. The molecule has 13 heteroatoms. The van der Waals surface area contributed by atoms with Crippen LogP contribution in [-0.2, 0) is 28.8 Å². The van der Waals surface area contributed by atoms with Crippen molar-refractivity contribution in [3.63, 3.8) is 0 Å². The van der Waals surface area contributed by atoms with Crippen molar-refractivity contribution in [2.45, 2.75) is 71.6 Å². The van der Waals surface area contributed by atoms with E-state index < -0.39 is 54.3 Å². The molecule has 1 saturated heterocycles. The number of hydrogen-bond donors (Lipinski definition) is 7. The lowest BCUT2D eigenvalue weighted by atomic mass is 10.0. The Bertz CT molecular complexity index is 795. The summed E-state index contributed by atoms with van der Waals surface area (Å²) in [5, 5.41) is 24.3. The van der Waals surface area contributed by atoms with Crippen molar-refractivity contribution in [2.75, 3.05) is 19.6 Å². The quantitative estimate of drug-likeness (QED) is 0.149. The van der Waals surface area contributed by atoms with E-state index >= 15 is 0 Å². The molecular formula is C22H38N6O7. The third-order valence-corrected chi connectivity index (χ3v) is 5.48. The van der Waals surface area contributed by atoms with Crippen LogP contribution < -0.4 is 31.9 Å². The van der Waals surface area contributed by atoms with Crippen LogP contribution in [0.1, 0.15) is 47.5 Å². The highest BCUT2D eigenvalue weighted by Gasteiger charge is 2.29. The summed E-state index contributed by atoms with van der Waals surface area (Å²) in [5.41, 5.74) is 0. The van der Waals surface area contributed by atoms with Crippen molar-refractivity contribution in [1.29, 1.82) is 0 Å². The van der Waals surface area contributed by atoms with E-state index in [1.54, 1.807) is 27.7 Å². The van der Waals surface area contributed by atoms with Crippen LogP contribution in [0, 0.1) is 11.8 Å². The van der Waals surface area contributed by atoms with E-state index in [4.69, 9.17) is 5.11 Å². The highest BCUT2D eigenvalue weighted by Crippen LogP contribution is 2.05. The first kappa shape index (κ1) is 29.8. The zero-order valence-electron chi connectivity index (χ0n) is 20.9. The molecule has 0 radical (unpaired) electrons. The molecule has 5 amide bonds. The van der Waals surface area contributed by atoms with Gasteiger partial charge in [0.1, 0.15) is 18.1 Å². The first-order chi connectivity index (χ1) is 16.3. The number of nitrogens with one attached hydrogen (secondary N) is 6. The van der Waals surface area contributed by atoms with Crippen molar-refractivity contribution in [1.82, 2.24) is 31.9 Å². The standard InChI is InChI=1S/C22H38N6O7/c1-11(2)17(27-15(29)9-24-19(31)14-7-6-8-23-14)20(32)25-10-16(30)28-18(12(3)4)21(33)26-13(5)22(34)35/h11-14,17-18,23H,6-10H2,1-5H3,(H,24,31)(H,25,32)(H,26,33)(H,27,29)(H,28,30)(H,34,35). The molecule has 1 rings (SSSR count). The second kappa shape index (κ2) is 14.2. The van der Waals surface area contributed by atoms with Gasteiger partial charge in [0.2, 0.25) is 29.5 Å². The van der Waals surface area contributed by atoms with Gasteiger partial charge in [0.05, 0.1) is 19.1 Å². The van der Waals surface area contributed by atoms with Gasteiger partial charge < -0.3 is 37.0 Å². The third-order valence-electron chi connectivity index (χ3n) is 5.48. The monoisotopic (exact) mass is 498 g/mol. The molecule has 4 atom stereocenters. The summed E-state index contributed by atoms with van der Waals surface area (Å²) in [6.07, 6.45) is 1.59. The maximum Gasteiger partial charge on any atom is 0.325 e. The average Bonchev–Trinajstić information content (AvgIpc) is 3.32. The van der Waals surface area contributed by atoms with Crippen LogP contribution in [0.5, 0.6) is 0 Å². The number of aliphatic carboxylic acids is 1. The van der Waals surface area contributed by atoms with Crippen LogP contribution in [0.25, 0.3) is 0 Å². The minimum absolute atomic E-state index is 0.277. The first-order valence-corrected chi connectivity index (χ1v) is 11.7. The molecule has 0 spiro atoms. The molecule has 0 aromatic heterocycles. The van der Waals surface area contributed by atoms with E-state index in [2.05, 4.69) is 31.9 Å². The fourth-order valence-corrected chi connectivity index (χ4v) is 3.36. The van der Waals surface area contributed by atoms with Crippen LogP contribution in [0.15, 0.2) is 0 Å². The van der Waals surface area contributed by atoms with E-state index in [-0.39, 0.29) is 30.3 Å². The molecule has 13 nitrogen and oxygen atoms in total. The number of carbonyl (C=O) groups is 6. The number of carboxylic acids is 1. The zero-order valence-corrected chi connectivity index (χ0v) is 20.9. The lowest BCUT2D eigenvalue weighted by Crippen LogP contribution is -2.56. The minimum Gasteiger partial charge on any atom is -0.480 e. The van der Waals surface area contributed by atoms with E-state index in [1.165, 1.54) is 6.92 Å². The molecule has 7 N–H and O–H groups in total. The molecule has 198 valence electrons. The Morgan fingerprint density at radius 2 is 1.31 bits per heavy atom. The van der Waals surface area contributed by atoms with Crippen LogP contribution >= 0.6 is 0 Å². The summed E-state index contributed by atoms with van der Waals surface area (Å²) in [6.45, 7) is 8.11. The smallest absolute Gasteiger partial charge is 0.325 e. The van der Waals surface area contributed by atoms with Crippen molar-refractivity contribution in [3.8, 4) is 0 Å². The molecule has 0 saturated carbocycles. The van der Waals surface area contributed by atoms with Gasteiger partial charge in [0, 0.05) is 0 Å². The fourth-order valence-electron chi connectivity index (χ4n) is 3.36. The molecule has 1 aliphatic heterocycles. The van der Waals surface area contributed by atoms with Crippen molar-refractivity contribution in [2.24, 2.45) is 11.8 Å². The van der Waals surface area contributed by atoms with Gasteiger partial charge >= 0.3 is 5.97 Å². The average molecular weight is 499 g/mol. The Labute approximate surface area is 204 Å². The number of amides is 5. The topological polar surface area (TPSA) is 195 Å². The molecule has 1 aliphatic rings. The van der Waals surface area contributed by atoms with Crippen LogP contribution in [0.4, 0.5) is 0 Å². The van der Waals surface area contributed by atoms with Gasteiger partial charge in [0.15, 0.2) is 0 Å². The molecule has 0 bridgehead atoms. The SMILES string of the molecule is CC(NC(=O)C(NC(=O)CNC(=O)C(NC(=O)CNC(=O)C1CCCN1)C(C)C)C(C)C)C(=O)O. The molecule has 4 unspecified atom stereocenters. The number of carboxylic acid groups (broad SMARTS) is 1. The van der Waals surface area contributed by atoms with Gasteiger partial charge in [-0.1, -0.05) is 27.7 Å². The number of carbonyl (C=O) groups excluding carboxylic acids is 5. The van der Waals surface area contributed by atoms with Gasteiger partial charge in [0.25, 0.3) is 0 Å². The van der Waals surface area contributed by atoms with Crippen LogP contribution in [0.2, 0.25) is 0 Å². The first-order valence-electron chi connectivity index (χ1n) is 11.7. The number of hydrogen-bond acceptors (Lipinski definition) is 7. The lowest BCUT2D eigenvalue weighted by Gasteiger charge is -2.24. The van der Waals surface area contributed by atoms with Gasteiger partial charge in [-0.3, -0.25) is 28.8 Å². The molecule has 0 aromatic carbocycles. The molecule has 1 heterocycles. The summed E-state index contributed by atoms with van der Waals surface area (Å²) in [7, 11) is 0. The zero-order chi connectivity index (χ0) is 26.7. The summed E-state index contributed by atoms with van der Waals surface area (Å²) < 4.78 is 0. The normalized spacial score (nSPS) is 17.7. The van der Waals surface area contributed by atoms with E-state index in [9.17, 15) is 28.8 Å². The minimum atomic E-state index is -1.21. The van der Waals surface area contributed by atoms with Crippen LogP contribution in [0.3, 0.4) is 0 Å². The van der Waals surface area contributed by atoms with E-state index in [0.29, 0.717) is 6.42 Å². The molecule has 1 fully saturated rings. The highest BCUT2D eigenvalue weighted by atomic mass is 16.4. The summed E-state index contributed by atoms with van der Waals surface area (Å²) in [5.74, 6) is -4.58. The Hall–Kier alpha value is -3.22. The Balaban J connectivity index is 2.56. The summed E-state index contributed by atoms with van der Waals surface area (Å²) in [6, 6.07) is -3.40. The maximum absolute atomic E-state index is 12.6. The van der Waals surface area contributed by atoms with Crippen molar-refractivity contribution in [3.05, 3.63) is 0 Å². The summed E-state index contributed by atoms with van der Waals surface area (Å²) in [4.78, 5) is 72.5. The highest BCUT2D eigenvalue weighted by molar-refractivity contribution is 5.94. The second-order valence-electron chi connectivity index (χ2n) is 9.23. The Kier molecular flexibility index (Phi) is 12.1. The molecular weight excluding hydrogens is 460 g/mol. The van der Waals surface area contributed by atoms with E-state index in [1.807, 2.05) is 0 Å². The third kappa shape index (κ3) is 10.3. The lowest BCUT2D eigenvalue weighted by molar-refractivity contribution is -0.142. The maximum atomic E-state index is 12.6. The van der Waals surface area contributed by atoms with Gasteiger partial charge in [-0.15, -0.1) is 0 Å². The molecule has 0 aromatic rings. The van der Waals surface area contributed by atoms with Crippen molar-refractivity contribution < 1.29 is 33.9 Å². The molecule has 0 aliphatic carbocycles. The van der Waals surface area contributed by atoms with Crippen LogP contribution in [-0.4, -0.2) is 84.4 Å². The predicted octanol–water partition coefficient (Wildman–Crippen LogP) is -2.16. The summed E-state index contributed by atoms with van der Waals surface area (Å²) >= 11 is 0.